The van der Waals surface area contributed by atoms with Crippen LogP contribution in [0.15, 0.2) is 41.0 Å². The van der Waals surface area contributed by atoms with E-state index < -0.39 is 10.8 Å². The summed E-state index contributed by atoms with van der Waals surface area (Å²) in [7, 11) is 0. The van der Waals surface area contributed by atoms with E-state index in [1.165, 1.54) is 4.68 Å². The van der Waals surface area contributed by atoms with Crippen LogP contribution in [0.4, 0.5) is 11.6 Å². The lowest BCUT2D eigenvalue weighted by atomic mass is 10.2. The summed E-state index contributed by atoms with van der Waals surface area (Å²) in [5, 5.41) is 22.3. The minimum absolute atomic E-state index is 0.167. The SMILES string of the molecule is Cc1c(Br)c([N+](=O)[O-])nn1CC(=O)Nc1ccn(Cc2cccc(Cl)c2)n1. The summed E-state index contributed by atoms with van der Waals surface area (Å²) in [6.07, 6.45) is 1.73. The number of rotatable bonds is 6. The van der Waals surface area contributed by atoms with Crippen LogP contribution in [0.2, 0.25) is 5.02 Å². The third kappa shape index (κ3) is 4.52. The molecule has 0 saturated carbocycles. The number of hydrogen-bond donors (Lipinski definition) is 1. The Bertz CT molecular complexity index is 1020. The molecule has 27 heavy (non-hydrogen) atoms. The highest BCUT2D eigenvalue weighted by atomic mass is 79.9. The Morgan fingerprint density at radius 1 is 1.37 bits per heavy atom. The molecule has 1 N–H and O–H groups in total. The van der Waals surface area contributed by atoms with Crippen LogP contribution >= 0.6 is 27.5 Å². The molecule has 1 amide bonds. The van der Waals surface area contributed by atoms with Crippen LogP contribution < -0.4 is 5.32 Å². The molecule has 9 nitrogen and oxygen atoms in total. The summed E-state index contributed by atoms with van der Waals surface area (Å²) in [4.78, 5) is 22.5. The van der Waals surface area contributed by atoms with Gasteiger partial charge in [0.25, 0.3) is 0 Å². The monoisotopic (exact) mass is 452 g/mol. The van der Waals surface area contributed by atoms with Crippen molar-refractivity contribution in [2.45, 2.75) is 20.0 Å². The molecule has 0 bridgehead atoms. The molecule has 2 heterocycles. The smallest absolute Gasteiger partial charge is 0.358 e. The number of carbonyl (C=O) groups excluding carboxylic acids is 1. The van der Waals surface area contributed by atoms with E-state index in [0.717, 1.165) is 5.56 Å². The van der Waals surface area contributed by atoms with Gasteiger partial charge in [0, 0.05) is 17.3 Å². The minimum Gasteiger partial charge on any atom is -0.358 e. The lowest BCUT2D eigenvalue weighted by Crippen LogP contribution is -2.20. The van der Waals surface area contributed by atoms with Crippen LogP contribution in [0.3, 0.4) is 0 Å². The van der Waals surface area contributed by atoms with Crippen molar-refractivity contribution in [1.82, 2.24) is 19.6 Å². The predicted octanol–water partition coefficient (Wildman–Crippen LogP) is 3.40. The Hall–Kier alpha value is -2.72. The fraction of sp³-hybridized carbons (Fsp3) is 0.188. The Labute approximate surface area is 167 Å². The summed E-state index contributed by atoms with van der Waals surface area (Å²) in [5.74, 6) is -0.345. The number of nitrogens with zero attached hydrogens (tertiary/aromatic N) is 5. The molecule has 0 fully saturated rings. The Morgan fingerprint density at radius 2 is 2.15 bits per heavy atom. The van der Waals surface area contributed by atoms with Gasteiger partial charge in [-0.2, -0.15) is 9.78 Å². The molecule has 1 aromatic carbocycles. The first kappa shape index (κ1) is 19.1. The van der Waals surface area contributed by atoms with Gasteiger partial charge in [-0.15, -0.1) is 0 Å². The second-order valence-electron chi connectivity index (χ2n) is 5.71. The molecule has 3 aromatic rings. The molecular weight excluding hydrogens is 440 g/mol. The van der Waals surface area contributed by atoms with Crippen molar-refractivity contribution in [3.05, 3.63) is 67.4 Å². The van der Waals surface area contributed by atoms with E-state index in [2.05, 4.69) is 31.4 Å². The molecule has 140 valence electrons. The Balaban J connectivity index is 1.64. The van der Waals surface area contributed by atoms with E-state index in [0.29, 0.717) is 23.1 Å². The van der Waals surface area contributed by atoms with Gasteiger partial charge in [-0.3, -0.25) is 9.48 Å². The Morgan fingerprint density at radius 3 is 2.81 bits per heavy atom. The lowest BCUT2D eigenvalue weighted by Gasteiger charge is -2.03. The first-order valence-electron chi connectivity index (χ1n) is 7.78. The second kappa shape index (κ2) is 7.89. The summed E-state index contributed by atoms with van der Waals surface area (Å²) >= 11 is 9.08. The zero-order valence-corrected chi connectivity index (χ0v) is 16.4. The van der Waals surface area contributed by atoms with Crippen LogP contribution in [-0.2, 0) is 17.9 Å². The highest BCUT2D eigenvalue weighted by Gasteiger charge is 2.24. The number of anilines is 1. The number of carbonyl (C=O) groups is 1. The summed E-state index contributed by atoms with van der Waals surface area (Å²) in [6, 6.07) is 9.08. The lowest BCUT2D eigenvalue weighted by molar-refractivity contribution is -0.390. The number of aromatic nitrogens is 4. The van der Waals surface area contributed by atoms with E-state index in [1.807, 2.05) is 18.2 Å². The molecule has 0 aliphatic carbocycles. The zero-order valence-electron chi connectivity index (χ0n) is 14.1. The quantitative estimate of drug-likeness (QED) is 0.454. The van der Waals surface area contributed by atoms with Crippen molar-refractivity contribution >= 4 is 45.1 Å². The molecule has 0 aliphatic heterocycles. The van der Waals surface area contributed by atoms with Gasteiger partial charge in [-0.25, -0.2) is 0 Å². The normalized spacial score (nSPS) is 10.8. The van der Waals surface area contributed by atoms with Crippen LogP contribution in [0.5, 0.6) is 0 Å². The van der Waals surface area contributed by atoms with Crippen LogP contribution in [0, 0.1) is 17.0 Å². The third-order valence-corrected chi connectivity index (χ3v) is 4.89. The average molecular weight is 454 g/mol. The van der Waals surface area contributed by atoms with Gasteiger partial charge >= 0.3 is 5.82 Å². The maximum Gasteiger partial charge on any atom is 0.404 e. The molecule has 11 heteroatoms. The van der Waals surface area contributed by atoms with Crippen molar-refractivity contribution in [1.29, 1.82) is 0 Å². The second-order valence-corrected chi connectivity index (χ2v) is 6.94. The molecule has 0 radical (unpaired) electrons. The van der Waals surface area contributed by atoms with Crippen molar-refractivity contribution < 1.29 is 9.72 Å². The van der Waals surface area contributed by atoms with Crippen molar-refractivity contribution in [3.63, 3.8) is 0 Å². The molecule has 0 atom stereocenters. The Kier molecular flexibility index (Phi) is 5.57. The maximum absolute atomic E-state index is 12.2. The van der Waals surface area contributed by atoms with Gasteiger partial charge in [0.05, 0.1) is 17.3 Å². The molecule has 0 saturated heterocycles. The highest BCUT2D eigenvalue weighted by Crippen LogP contribution is 2.26. The number of hydrogen-bond acceptors (Lipinski definition) is 5. The first-order chi connectivity index (χ1) is 12.8. The summed E-state index contributed by atoms with van der Waals surface area (Å²) in [6.45, 7) is 1.98. The van der Waals surface area contributed by atoms with Gasteiger partial charge in [0.15, 0.2) is 5.82 Å². The van der Waals surface area contributed by atoms with Crippen LogP contribution in [-0.4, -0.2) is 30.4 Å². The van der Waals surface area contributed by atoms with Crippen LogP contribution in [0.25, 0.3) is 0 Å². The maximum atomic E-state index is 12.2. The number of benzene rings is 1. The van der Waals surface area contributed by atoms with E-state index in [4.69, 9.17) is 11.6 Å². The van der Waals surface area contributed by atoms with Gasteiger partial charge in [0.1, 0.15) is 11.0 Å². The number of nitrogens with one attached hydrogen (secondary N) is 1. The van der Waals surface area contributed by atoms with Gasteiger partial charge in [0.2, 0.25) is 5.91 Å². The minimum atomic E-state index is -0.608. The fourth-order valence-corrected chi connectivity index (χ4v) is 3.08. The summed E-state index contributed by atoms with van der Waals surface area (Å²) < 4.78 is 3.19. The van der Waals surface area contributed by atoms with Crippen molar-refractivity contribution in [2.75, 3.05) is 5.32 Å². The molecule has 0 aliphatic rings. The molecule has 0 spiro atoms. The van der Waals surface area contributed by atoms with Gasteiger partial charge < -0.3 is 15.4 Å². The summed E-state index contributed by atoms with van der Waals surface area (Å²) in [5.41, 5.74) is 1.47. The third-order valence-electron chi connectivity index (χ3n) is 3.72. The van der Waals surface area contributed by atoms with Crippen molar-refractivity contribution in [3.8, 4) is 0 Å². The van der Waals surface area contributed by atoms with E-state index in [-0.39, 0.29) is 16.8 Å². The van der Waals surface area contributed by atoms with E-state index in [1.54, 1.807) is 29.9 Å². The fourth-order valence-electron chi connectivity index (χ4n) is 2.44. The van der Waals surface area contributed by atoms with Crippen LogP contribution in [0.1, 0.15) is 11.3 Å². The largest absolute Gasteiger partial charge is 0.404 e. The molecular formula is C16H14BrClN6O3. The molecule has 3 rings (SSSR count). The van der Waals surface area contributed by atoms with E-state index in [9.17, 15) is 14.9 Å². The van der Waals surface area contributed by atoms with Gasteiger partial charge in [-0.05, 0) is 45.5 Å². The predicted molar refractivity (Wildman–Crippen MR) is 103 cm³/mol. The number of halogens is 2. The topological polar surface area (TPSA) is 108 Å². The molecule has 2 aromatic heterocycles. The van der Waals surface area contributed by atoms with E-state index >= 15 is 0 Å². The molecule has 0 unspecified atom stereocenters. The first-order valence-corrected chi connectivity index (χ1v) is 8.95. The zero-order chi connectivity index (χ0) is 19.6. The highest BCUT2D eigenvalue weighted by molar-refractivity contribution is 9.10. The number of nitro groups is 1. The average Bonchev–Trinajstić information content (AvgIpc) is 3.14. The number of amides is 1. The van der Waals surface area contributed by atoms with Gasteiger partial charge in [-0.1, -0.05) is 23.7 Å². The standard InChI is InChI=1S/C16H14BrClN6O3/c1-10-15(17)16(24(26)27)21-23(10)9-14(25)19-13-5-6-22(20-13)8-11-3-2-4-12(18)7-11/h2-7H,8-9H2,1H3,(H,19,20,25). The van der Waals surface area contributed by atoms with Crippen molar-refractivity contribution in [2.24, 2.45) is 0 Å².